The van der Waals surface area contributed by atoms with Gasteiger partial charge in [0.05, 0.1) is 25.9 Å². The molecule has 6 heteroatoms. The van der Waals surface area contributed by atoms with Crippen LogP contribution in [0.25, 0.3) is 0 Å². The molecular formula is C24H37NO5. The zero-order valence-corrected chi connectivity index (χ0v) is 19.2. The van der Waals surface area contributed by atoms with Crippen LogP contribution in [0.15, 0.2) is 12.1 Å². The highest BCUT2D eigenvalue weighted by molar-refractivity contribution is 5.57. The van der Waals surface area contributed by atoms with E-state index in [4.69, 9.17) is 14.2 Å². The number of hydrogen-bond donors (Lipinski definition) is 2. The highest BCUT2D eigenvalue weighted by Crippen LogP contribution is 2.59. The Kier molecular flexibility index (Phi) is 5.17. The van der Waals surface area contributed by atoms with Crippen molar-refractivity contribution < 1.29 is 24.4 Å². The lowest BCUT2D eigenvalue weighted by atomic mass is 9.52. The molecule has 0 aromatic heterocycles. The van der Waals surface area contributed by atoms with Crippen LogP contribution < -0.4 is 4.74 Å². The van der Waals surface area contributed by atoms with Crippen LogP contribution in [0.4, 0.5) is 0 Å². The lowest BCUT2D eigenvalue weighted by Gasteiger charge is -2.62. The fourth-order valence-electron chi connectivity index (χ4n) is 5.93. The van der Waals surface area contributed by atoms with Crippen LogP contribution in [0, 0.1) is 5.41 Å². The van der Waals surface area contributed by atoms with Crippen molar-refractivity contribution in [2.75, 3.05) is 33.9 Å². The lowest BCUT2D eigenvalue weighted by Crippen LogP contribution is -2.71. The summed E-state index contributed by atoms with van der Waals surface area (Å²) in [4.78, 5) is 2.24. The van der Waals surface area contributed by atoms with Crippen LogP contribution in [-0.2, 0) is 21.3 Å². The molecule has 168 valence electrons. The molecule has 0 saturated carbocycles. The summed E-state index contributed by atoms with van der Waals surface area (Å²) in [7, 11) is 3.64. The van der Waals surface area contributed by atoms with Gasteiger partial charge in [-0.3, -0.25) is 0 Å². The Morgan fingerprint density at radius 3 is 2.47 bits per heavy atom. The summed E-state index contributed by atoms with van der Waals surface area (Å²) in [6.07, 6.45) is 2.57. The molecule has 0 radical (unpaired) electrons. The van der Waals surface area contributed by atoms with Crippen molar-refractivity contribution in [1.82, 2.24) is 4.90 Å². The molecule has 2 aliphatic heterocycles. The van der Waals surface area contributed by atoms with Crippen LogP contribution in [0.1, 0.15) is 58.1 Å². The zero-order valence-electron chi connectivity index (χ0n) is 19.2. The molecule has 1 aromatic carbocycles. The maximum absolute atomic E-state index is 12.0. The number of aromatic hydroxyl groups is 1. The van der Waals surface area contributed by atoms with Gasteiger partial charge in [-0.25, -0.2) is 0 Å². The molecule has 6 nitrogen and oxygen atoms in total. The van der Waals surface area contributed by atoms with E-state index in [2.05, 4.69) is 32.7 Å². The van der Waals surface area contributed by atoms with Crippen LogP contribution in [0.5, 0.6) is 11.5 Å². The van der Waals surface area contributed by atoms with Crippen LogP contribution in [0.3, 0.4) is 0 Å². The lowest BCUT2D eigenvalue weighted by molar-refractivity contribution is -0.317. The number of aliphatic hydroxyl groups is 1. The third-order valence-corrected chi connectivity index (χ3v) is 7.94. The Morgan fingerprint density at radius 2 is 1.87 bits per heavy atom. The predicted octanol–water partition coefficient (Wildman–Crippen LogP) is 3.22. The third-order valence-electron chi connectivity index (χ3n) is 7.94. The molecule has 2 heterocycles. The third kappa shape index (κ3) is 3.07. The number of likely N-dealkylation sites (tertiary alicyclic amines) is 1. The molecule has 1 aromatic rings. The van der Waals surface area contributed by atoms with E-state index in [0.717, 1.165) is 17.7 Å². The molecular weight excluding hydrogens is 382 g/mol. The van der Waals surface area contributed by atoms with Gasteiger partial charge >= 0.3 is 0 Å². The summed E-state index contributed by atoms with van der Waals surface area (Å²) in [6, 6.07) is 3.82. The number of piperidine rings is 1. The first kappa shape index (κ1) is 21.9. The van der Waals surface area contributed by atoms with Gasteiger partial charge in [-0.15, -0.1) is 0 Å². The summed E-state index contributed by atoms with van der Waals surface area (Å²) in [5.41, 5.74) is 0.0798. The normalized spacial score (nSPS) is 35.0. The molecule has 30 heavy (non-hydrogen) atoms. The smallest absolute Gasteiger partial charge is 0.169 e. The molecule has 4 rings (SSSR count). The minimum absolute atomic E-state index is 0.0377. The van der Waals surface area contributed by atoms with Crippen molar-refractivity contribution >= 4 is 0 Å². The number of likely N-dealkylation sites (N-methyl/N-ethyl adjacent to an activating group) is 1. The Labute approximate surface area is 180 Å². The zero-order chi connectivity index (χ0) is 21.9. The van der Waals surface area contributed by atoms with Gasteiger partial charge in [0.15, 0.2) is 17.3 Å². The van der Waals surface area contributed by atoms with Gasteiger partial charge in [0.2, 0.25) is 0 Å². The summed E-state index contributed by atoms with van der Waals surface area (Å²) >= 11 is 0. The molecule has 2 saturated heterocycles. The molecule has 3 atom stereocenters. The summed E-state index contributed by atoms with van der Waals surface area (Å²) in [6.45, 7) is 10.3. The van der Waals surface area contributed by atoms with Crippen molar-refractivity contribution in [3.05, 3.63) is 23.3 Å². The second-order valence-electron chi connectivity index (χ2n) is 10.5. The minimum atomic E-state index is -1.06. The molecule has 2 fully saturated rings. The number of methoxy groups -OCH3 is 1. The van der Waals surface area contributed by atoms with E-state index in [1.165, 1.54) is 0 Å². The highest BCUT2D eigenvalue weighted by atomic mass is 16.7. The van der Waals surface area contributed by atoms with Crippen LogP contribution in [0.2, 0.25) is 0 Å². The standard InChI is InChI=1S/C24H37NO5/c1-7-24(29-14-21(2,3)15-30-24)13-23-10-11-25(5)18(22(23,4)27)12-16-8-9-17(28-6)20(26)19(16)23/h8-9,18,26-27H,7,10-15H2,1-6H3/t18-,22?,23-/m1/s1. The number of rotatable bonds is 4. The first-order valence-electron chi connectivity index (χ1n) is 11.1. The molecule has 1 unspecified atom stereocenters. The van der Waals surface area contributed by atoms with Gasteiger partial charge in [-0.05, 0) is 51.4 Å². The quantitative estimate of drug-likeness (QED) is 0.781. The van der Waals surface area contributed by atoms with Gasteiger partial charge in [0, 0.05) is 28.9 Å². The Morgan fingerprint density at radius 1 is 1.20 bits per heavy atom. The van der Waals surface area contributed by atoms with Gasteiger partial charge in [0.25, 0.3) is 0 Å². The molecule has 0 spiro atoms. The average Bonchev–Trinajstić information content (AvgIpc) is 2.69. The van der Waals surface area contributed by atoms with Crippen molar-refractivity contribution in [3.63, 3.8) is 0 Å². The monoisotopic (exact) mass is 419 g/mol. The topological polar surface area (TPSA) is 71.4 Å². The highest BCUT2D eigenvalue weighted by Gasteiger charge is 2.63. The van der Waals surface area contributed by atoms with E-state index in [0.29, 0.717) is 44.6 Å². The van der Waals surface area contributed by atoms with Crippen LogP contribution in [-0.4, -0.2) is 66.5 Å². The van der Waals surface area contributed by atoms with Crippen molar-refractivity contribution in [2.24, 2.45) is 5.41 Å². The van der Waals surface area contributed by atoms with Crippen LogP contribution >= 0.6 is 0 Å². The van der Waals surface area contributed by atoms with E-state index in [1.54, 1.807) is 7.11 Å². The Balaban J connectivity index is 1.87. The van der Waals surface area contributed by atoms with E-state index in [9.17, 15) is 10.2 Å². The Bertz CT molecular complexity index is 810. The van der Waals surface area contributed by atoms with Crippen molar-refractivity contribution in [3.8, 4) is 11.5 Å². The fraction of sp³-hybridized carbons (Fsp3) is 0.750. The van der Waals surface area contributed by atoms with Gasteiger partial charge in [-0.1, -0.05) is 26.8 Å². The largest absolute Gasteiger partial charge is 0.504 e. The number of hydrogen-bond acceptors (Lipinski definition) is 6. The number of phenolic OH excluding ortho intramolecular Hbond substituents is 1. The first-order chi connectivity index (χ1) is 14.0. The molecule has 2 N–H and O–H groups in total. The molecule has 0 amide bonds. The summed E-state index contributed by atoms with van der Waals surface area (Å²) in [5, 5.41) is 23.3. The number of nitrogens with zero attached hydrogens (tertiary/aromatic N) is 1. The molecule has 2 bridgehead atoms. The average molecular weight is 420 g/mol. The predicted molar refractivity (Wildman–Crippen MR) is 115 cm³/mol. The summed E-state index contributed by atoms with van der Waals surface area (Å²) < 4.78 is 18.2. The molecule has 1 aliphatic carbocycles. The number of benzene rings is 1. The van der Waals surface area contributed by atoms with Crippen molar-refractivity contribution in [1.29, 1.82) is 0 Å². The number of fused-ring (bicyclic) bond motifs is 4. The maximum Gasteiger partial charge on any atom is 0.169 e. The van der Waals surface area contributed by atoms with Gasteiger partial charge < -0.3 is 29.3 Å². The van der Waals surface area contributed by atoms with E-state index in [-0.39, 0.29) is 17.2 Å². The first-order valence-corrected chi connectivity index (χ1v) is 11.1. The molecule has 3 aliphatic rings. The van der Waals surface area contributed by atoms with E-state index in [1.807, 2.05) is 19.1 Å². The second kappa shape index (κ2) is 7.09. The van der Waals surface area contributed by atoms with Crippen molar-refractivity contribution in [2.45, 2.75) is 76.2 Å². The van der Waals surface area contributed by atoms with E-state index < -0.39 is 16.8 Å². The second-order valence-corrected chi connectivity index (χ2v) is 10.5. The summed E-state index contributed by atoms with van der Waals surface area (Å²) in [5.74, 6) is -0.205. The number of phenols is 1. The maximum atomic E-state index is 12.0. The van der Waals surface area contributed by atoms with Gasteiger partial charge in [0.1, 0.15) is 0 Å². The number of ether oxygens (including phenoxy) is 3. The minimum Gasteiger partial charge on any atom is -0.504 e. The Hall–Kier alpha value is -1.34. The van der Waals surface area contributed by atoms with Gasteiger partial charge in [-0.2, -0.15) is 0 Å². The SMILES string of the molecule is CCC1(C[C@]23CCN(C)[C@H](Cc4ccc(OC)c(O)c42)C3(C)O)OCC(C)(C)CO1. The van der Waals surface area contributed by atoms with E-state index >= 15 is 0 Å². The fourth-order valence-corrected chi connectivity index (χ4v) is 5.93.